The highest BCUT2D eigenvalue weighted by Gasteiger charge is 2.23. The normalized spacial score (nSPS) is 12.1. The summed E-state index contributed by atoms with van der Waals surface area (Å²) in [5.74, 6) is 0.895. The number of phenolic OH excluding ortho intramolecular Hbond substituents is 2. The van der Waals surface area contributed by atoms with Crippen LogP contribution in [0.1, 0.15) is 28.3 Å². The van der Waals surface area contributed by atoms with Gasteiger partial charge in [-0.15, -0.1) is 0 Å². The third-order valence-electron chi connectivity index (χ3n) is 4.79. The molecule has 1 atom stereocenters. The van der Waals surface area contributed by atoms with Crippen molar-refractivity contribution >= 4 is 16.7 Å². The summed E-state index contributed by atoms with van der Waals surface area (Å²) in [5, 5.41) is 25.7. The maximum absolute atomic E-state index is 11.0. The molecule has 0 bridgehead atoms. The Morgan fingerprint density at radius 2 is 1.64 bits per heavy atom. The van der Waals surface area contributed by atoms with Crippen molar-refractivity contribution in [2.75, 3.05) is 5.32 Å². The third-order valence-corrected chi connectivity index (χ3v) is 4.79. The van der Waals surface area contributed by atoms with Crippen LogP contribution in [-0.4, -0.2) is 20.2 Å². The van der Waals surface area contributed by atoms with Gasteiger partial charge in [-0.3, -0.25) is 4.98 Å². The minimum atomic E-state index is -0.499. The number of nitrogens with one attached hydrogen (secondary N) is 1. The second kappa shape index (κ2) is 7.19. The van der Waals surface area contributed by atoms with E-state index in [0.29, 0.717) is 22.5 Å². The van der Waals surface area contributed by atoms with E-state index >= 15 is 0 Å². The predicted octanol–water partition coefficient (Wildman–Crippen LogP) is 4.86. The zero-order valence-corrected chi connectivity index (χ0v) is 15.7. The first-order valence-electron chi connectivity index (χ1n) is 9.08. The van der Waals surface area contributed by atoms with Gasteiger partial charge in [0.15, 0.2) is 0 Å². The van der Waals surface area contributed by atoms with Crippen molar-refractivity contribution < 1.29 is 10.2 Å². The van der Waals surface area contributed by atoms with Crippen LogP contribution in [0.3, 0.4) is 0 Å². The van der Waals surface area contributed by atoms with Gasteiger partial charge in [0.1, 0.15) is 22.8 Å². The van der Waals surface area contributed by atoms with Gasteiger partial charge in [-0.2, -0.15) is 0 Å². The highest BCUT2D eigenvalue weighted by molar-refractivity contribution is 5.86. The minimum absolute atomic E-state index is 0.0872. The largest absolute Gasteiger partial charge is 0.508 e. The summed E-state index contributed by atoms with van der Waals surface area (Å²) in [7, 11) is 0. The molecule has 0 aliphatic rings. The molecular formula is C23H21N3O2. The van der Waals surface area contributed by atoms with Gasteiger partial charge in [0.05, 0.1) is 6.04 Å². The number of rotatable bonds is 4. The van der Waals surface area contributed by atoms with E-state index in [2.05, 4.69) is 15.3 Å². The lowest BCUT2D eigenvalue weighted by atomic mass is 9.94. The number of benzene rings is 2. The number of hydrogen-bond donors (Lipinski definition) is 3. The molecule has 4 aromatic rings. The summed E-state index contributed by atoms with van der Waals surface area (Å²) in [6.07, 6.45) is 3.38. The van der Waals surface area contributed by atoms with Gasteiger partial charge in [0, 0.05) is 28.9 Å². The molecule has 0 unspecified atom stereocenters. The summed E-state index contributed by atoms with van der Waals surface area (Å²) in [4.78, 5) is 8.71. The van der Waals surface area contributed by atoms with Gasteiger partial charge in [-0.25, -0.2) is 4.98 Å². The van der Waals surface area contributed by atoms with Crippen LogP contribution in [0, 0.1) is 13.8 Å². The third kappa shape index (κ3) is 3.34. The van der Waals surface area contributed by atoms with E-state index < -0.39 is 6.04 Å². The molecule has 0 aliphatic heterocycles. The van der Waals surface area contributed by atoms with E-state index in [9.17, 15) is 10.2 Å². The maximum Gasteiger partial charge on any atom is 0.147 e. The van der Waals surface area contributed by atoms with Gasteiger partial charge < -0.3 is 15.5 Å². The van der Waals surface area contributed by atoms with E-state index in [-0.39, 0.29) is 11.5 Å². The molecule has 0 spiro atoms. The van der Waals surface area contributed by atoms with E-state index in [1.165, 1.54) is 0 Å². The first-order chi connectivity index (χ1) is 13.5. The Morgan fingerprint density at radius 3 is 2.46 bits per heavy atom. The van der Waals surface area contributed by atoms with Crippen LogP contribution < -0.4 is 5.32 Å². The van der Waals surface area contributed by atoms with Crippen molar-refractivity contribution in [3.63, 3.8) is 0 Å². The molecule has 28 heavy (non-hydrogen) atoms. The molecule has 0 amide bonds. The first-order valence-corrected chi connectivity index (χ1v) is 9.08. The van der Waals surface area contributed by atoms with Gasteiger partial charge in [-0.1, -0.05) is 29.8 Å². The summed E-state index contributed by atoms with van der Waals surface area (Å²) in [6.45, 7) is 3.95. The Labute approximate surface area is 163 Å². The topological polar surface area (TPSA) is 78.3 Å². The van der Waals surface area contributed by atoms with Crippen molar-refractivity contribution in [3.05, 3.63) is 89.2 Å². The molecule has 140 valence electrons. The number of aryl methyl sites for hydroxylation is 2. The zero-order chi connectivity index (χ0) is 19.7. The molecule has 0 aliphatic carbocycles. The molecule has 4 rings (SSSR count). The molecule has 2 heterocycles. The van der Waals surface area contributed by atoms with Crippen molar-refractivity contribution in [1.82, 2.24) is 9.97 Å². The van der Waals surface area contributed by atoms with Crippen molar-refractivity contribution in [2.45, 2.75) is 19.9 Å². The number of hydrogen-bond acceptors (Lipinski definition) is 5. The fourth-order valence-corrected chi connectivity index (χ4v) is 3.37. The Balaban J connectivity index is 1.90. The zero-order valence-electron chi connectivity index (χ0n) is 15.7. The molecule has 0 radical (unpaired) electrons. The molecule has 5 nitrogen and oxygen atoms in total. The van der Waals surface area contributed by atoms with E-state index in [0.717, 1.165) is 16.5 Å². The first kappa shape index (κ1) is 17.8. The molecule has 5 heteroatoms. The molecule has 0 saturated carbocycles. The van der Waals surface area contributed by atoms with Crippen LogP contribution in [-0.2, 0) is 0 Å². The van der Waals surface area contributed by atoms with Gasteiger partial charge >= 0.3 is 0 Å². The quantitative estimate of drug-likeness (QED) is 0.477. The predicted molar refractivity (Wildman–Crippen MR) is 111 cm³/mol. The smallest absolute Gasteiger partial charge is 0.147 e. The average molecular weight is 371 g/mol. The Bertz CT molecular complexity index is 1160. The molecule has 2 aromatic carbocycles. The second-order valence-corrected chi connectivity index (χ2v) is 6.94. The standard InChI is InChI=1S/C23H21N3O2/c1-14-5-8-19(27)18(12-14)22(26-20-13-15(2)9-11-24-20)17-7-6-16-4-3-10-25-21(16)23(17)28/h3-13,22,27-28H,1-2H3,(H,24,26)/t22-/m0/s1. The molecular weight excluding hydrogens is 350 g/mol. The Kier molecular flexibility index (Phi) is 4.57. The van der Waals surface area contributed by atoms with Crippen LogP contribution in [0.2, 0.25) is 0 Å². The number of anilines is 1. The summed E-state index contributed by atoms with van der Waals surface area (Å²) in [6, 6.07) is 16.3. The summed E-state index contributed by atoms with van der Waals surface area (Å²) >= 11 is 0. The van der Waals surface area contributed by atoms with E-state index in [4.69, 9.17) is 0 Å². The van der Waals surface area contributed by atoms with Crippen molar-refractivity contribution in [2.24, 2.45) is 0 Å². The maximum atomic E-state index is 11.0. The summed E-state index contributed by atoms with van der Waals surface area (Å²) in [5.41, 5.74) is 3.88. The molecule has 0 saturated heterocycles. The number of aromatic nitrogens is 2. The highest BCUT2D eigenvalue weighted by atomic mass is 16.3. The monoisotopic (exact) mass is 371 g/mol. The second-order valence-electron chi connectivity index (χ2n) is 6.94. The minimum Gasteiger partial charge on any atom is -0.508 e. The SMILES string of the molecule is Cc1ccnc(N[C@H](c2cc(C)ccc2O)c2ccc3cccnc3c2O)c1. The van der Waals surface area contributed by atoms with Crippen LogP contribution in [0.15, 0.2) is 67.0 Å². The number of nitrogens with zero attached hydrogens (tertiary/aromatic N) is 2. The fraction of sp³-hybridized carbons (Fsp3) is 0.130. The van der Waals surface area contributed by atoms with Gasteiger partial charge in [0.2, 0.25) is 0 Å². The van der Waals surface area contributed by atoms with Crippen LogP contribution in [0.25, 0.3) is 10.9 Å². The van der Waals surface area contributed by atoms with E-state index in [1.54, 1.807) is 18.5 Å². The number of aromatic hydroxyl groups is 2. The number of fused-ring (bicyclic) bond motifs is 1. The molecule has 3 N–H and O–H groups in total. The lowest BCUT2D eigenvalue weighted by Gasteiger charge is -2.23. The summed E-state index contributed by atoms with van der Waals surface area (Å²) < 4.78 is 0. The average Bonchev–Trinajstić information content (AvgIpc) is 2.69. The Hall–Kier alpha value is -3.60. The lowest BCUT2D eigenvalue weighted by Crippen LogP contribution is -2.14. The Morgan fingerprint density at radius 1 is 0.821 bits per heavy atom. The fourth-order valence-electron chi connectivity index (χ4n) is 3.37. The molecule has 0 fully saturated rings. The lowest BCUT2D eigenvalue weighted by molar-refractivity contribution is 0.459. The number of phenols is 2. The van der Waals surface area contributed by atoms with Crippen LogP contribution in [0.5, 0.6) is 11.5 Å². The van der Waals surface area contributed by atoms with Crippen LogP contribution in [0.4, 0.5) is 5.82 Å². The molecule has 2 aromatic heterocycles. The highest BCUT2D eigenvalue weighted by Crippen LogP contribution is 2.39. The van der Waals surface area contributed by atoms with Crippen molar-refractivity contribution in [1.29, 1.82) is 0 Å². The van der Waals surface area contributed by atoms with Crippen molar-refractivity contribution in [3.8, 4) is 11.5 Å². The van der Waals surface area contributed by atoms with Gasteiger partial charge in [0.25, 0.3) is 0 Å². The van der Waals surface area contributed by atoms with Crippen LogP contribution >= 0.6 is 0 Å². The number of pyridine rings is 2. The van der Waals surface area contributed by atoms with Gasteiger partial charge in [-0.05, 0) is 49.7 Å². The van der Waals surface area contributed by atoms with E-state index in [1.807, 2.05) is 62.4 Å².